The van der Waals surface area contributed by atoms with Gasteiger partial charge in [-0.25, -0.2) is 4.98 Å². The van der Waals surface area contributed by atoms with Gasteiger partial charge in [0.2, 0.25) is 5.88 Å². The second-order valence-electron chi connectivity index (χ2n) is 4.40. The first kappa shape index (κ1) is 12.8. The molecule has 0 unspecified atom stereocenters. The number of nitrogens with zero attached hydrogens (tertiary/aromatic N) is 3. The quantitative estimate of drug-likeness (QED) is 0.749. The van der Waals surface area contributed by atoms with E-state index in [0.29, 0.717) is 10.7 Å². The van der Waals surface area contributed by atoms with Gasteiger partial charge in [0.25, 0.3) is 0 Å². The molecule has 102 valence electrons. The van der Waals surface area contributed by atoms with Crippen molar-refractivity contribution in [2.75, 3.05) is 7.11 Å². The van der Waals surface area contributed by atoms with Crippen molar-refractivity contribution in [1.82, 2.24) is 19.5 Å². The SMILES string of the molecule is COc1ncnc2c1[nH]c(=S)n2CCc1ccccc1. The highest BCUT2D eigenvalue weighted by Crippen LogP contribution is 2.20. The fourth-order valence-electron chi connectivity index (χ4n) is 2.19. The summed E-state index contributed by atoms with van der Waals surface area (Å²) in [6, 6.07) is 10.3. The van der Waals surface area contributed by atoms with Crippen molar-refractivity contribution in [3.8, 4) is 5.88 Å². The predicted octanol–water partition coefficient (Wildman–Crippen LogP) is 2.74. The van der Waals surface area contributed by atoms with Crippen LogP contribution < -0.4 is 4.74 Å². The summed E-state index contributed by atoms with van der Waals surface area (Å²) >= 11 is 5.36. The maximum Gasteiger partial charge on any atom is 0.242 e. The van der Waals surface area contributed by atoms with Crippen LogP contribution in [0, 0.1) is 4.77 Å². The van der Waals surface area contributed by atoms with E-state index in [4.69, 9.17) is 17.0 Å². The molecule has 2 aromatic heterocycles. The molecule has 3 aromatic rings. The summed E-state index contributed by atoms with van der Waals surface area (Å²) in [6.45, 7) is 0.767. The molecule has 5 nitrogen and oxygen atoms in total. The van der Waals surface area contributed by atoms with Crippen molar-refractivity contribution >= 4 is 23.4 Å². The zero-order valence-corrected chi connectivity index (χ0v) is 11.9. The lowest BCUT2D eigenvalue weighted by atomic mass is 10.1. The van der Waals surface area contributed by atoms with Crippen molar-refractivity contribution in [2.45, 2.75) is 13.0 Å². The first-order valence-electron chi connectivity index (χ1n) is 6.31. The smallest absolute Gasteiger partial charge is 0.242 e. The average Bonchev–Trinajstić information content (AvgIpc) is 2.81. The lowest BCUT2D eigenvalue weighted by Crippen LogP contribution is -2.02. The fourth-order valence-corrected chi connectivity index (χ4v) is 2.47. The van der Waals surface area contributed by atoms with Gasteiger partial charge >= 0.3 is 0 Å². The van der Waals surface area contributed by atoms with Gasteiger partial charge in [-0.2, -0.15) is 4.98 Å². The number of rotatable bonds is 4. The van der Waals surface area contributed by atoms with Crippen LogP contribution in [0.1, 0.15) is 5.56 Å². The molecule has 0 aliphatic heterocycles. The Kier molecular flexibility index (Phi) is 3.47. The summed E-state index contributed by atoms with van der Waals surface area (Å²) in [5, 5.41) is 0. The Labute approximate surface area is 121 Å². The third-order valence-electron chi connectivity index (χ3n) is 3.19. The normalized spacial score (nSPS) is 10.8. The van der Waals surface area contributed by atoms with E-state index >= 15 is 0 Å². The van der Waals surface area contributed by atoms with Crippen LogP contribution in [0.25, 0.3) is 11.2 Å². The van der Waals surface area contributed by atoms with E-state index in [-0.39, 0.29) is 0 Å². The van der Waals surface area contributed by atoms with Crippen LogP contribution >= 0.6 is 12.2 Å². The minimum Gasteiger partial charge on any atom is -0.479 e. The first-order chi connectivity index (χ1) is 9.79. The zero-order chi connectivity index (χ0) is 13.9. The number of hydrogen-bond acceptors (Lipinski definition) is 4. The topological polar surface area (TPSA) is 55.7 Å². The van der Waals surface area contributed by atoms with Crippen molar-refractivity contribution < 1.29 is 4.74 Å². The van der Waals surface area contributed by atoms with Crippen molar-refractivity contribution in [3.05, 3.63) is 47.0 Å². The van der Waals surface area contributed by atoms with Crippen LogP contribution in [0.15, 0.2) is 36.7 Å². The number of H-pyrrole nitrogens is 1. The number of benzene rings is 1. The van der Waals surface area contributed by atoms with Crippen LogP contribution in [-0.4, -0.2) is 26.6 Å². The van der Waals surface area contributed by atoms with E-state index in [0.717, 1.165) is 24.1 Å². The third kappa shape index (κ3) is 2.30. The van der Waals surface area contributed by atoms with Crippen LogP contribution in [0.3, 0.4) is 0 Å². The summed E-state index contributed by atoms with van der Waals surface area (Å²) in [7, 11) is 1.58. The molecule has 1 aromatic carbocycles. The molecule has 0 bridgehead atoms. The molecule has 0 aliphatic carbocycles. The Morgan fingerprint density at radius 3 is 2.80 bits per heavy atom. The second kappa shape index (κ2) is 5.42. The lowest BCUT2D eigenvalue weighted by Gasteiger charge is -2.04. The van der Waals surface area contributed by atoms with Crippen LogP contribution in [0.4, 0.5) is 0 Å². The highest BCUT2D eigenvalue weighted by molar-refractivity contribution is 7.71. The molecule has 3 rings (SSSR count). The molecule has 0 spiro atoms. The summed E-state index contributed by atoms with van der Waals surface area (Å²) in [6.07, 6.45) is 2.39. The van der Waals surface area contributed by atoms with Crippen molar-refractivity contribution in [2.24, 2.45) is 0 Å². The van der Waals surface area contributed by atoms with Crippen molar-refractivity contribution in [1.29, 1.82) is 0 Å². The number of fused-ring (bicyclic) bond motifs is 1. The first-order valence-corrected chi connectivity index (χ1v) is 6.72. The number of hydrogen-bond donors (Lipinski definition) is 1. The third-order valence-corrected chi connectivity index (χ3v) is 3.51. The zero-order valence-electron chi connectivity index (χ0n) is 11.0. The van der Waals surface area contributed by atoms with Crippen LogP contribution in [0.2, 0.25) is 0 Å². The molecule has 1 N–H and O–H groups in total. The number of nitrogens with one attached hydrogen (secondary N) is 1. The largest absolute Gasteiger partial charge is 0.479 e. The van der Waals surface area contributed by atoms with E-state index in [9.17, 15) is 0 Å². The lowest BCUT2D eigenvalue weighted by molar-refractivity contribution is 0.401. The molecule has 2 heterocycles. The van der Waals surface area contributed by atoms with Gasteiger partial charge in [0.05, 0.1) is 7.11 Å². The van der Waals surface area contributed by atoms with Gasteiger partial charge < -0.3 is 14.3 Å². The van der Waals surface area contributed by atoms with E-state index in [1.165, 1.54) is 11.9 Å². The molecule has 0 atom stereocenters. The standard InChI is InChI=1S/C14H14N4OS/c1-19-13-11-12(15-9-16-13)18(14(20)17-11)8-7-10-5-3-2-4-6-10/h2-6,9H,7-8H2,1H3,(H,17,20). The maximum absolute atomic E-state index is 5.36. The molecule has 0 saturated heterocycles. The Balaban J connectivity index is 1.96. The molecule has 0 radical (unpaired) electrons. The van der Waals surface area contributed by atoms with Gasteiger partial charge in [0.1, 0.15) is 11.8 Å². The average molecular weight is 286 g/mol. The van der Waals surface area contributed by atoms with E-state index in [1.807, 2.05) is 22.8 Å². The maximum atomic E-state index is 5.36. The van der Waals surface area contributed by atoms with E-state index in [1.54, 1.807) is 7.11 Å². The molecular weight excluding hydrogens is 272 g/mol. The summed E-state index contributed by atoms with van der Waals surface area (Å²) in [4.78, 5) is 11.5. The molecule has 6 heteroatoms. The van der Waals surface area contributed by atoms with Crippen LogP contribution in [0.5, 0.6) is 5.88 Å². The number of methoxy groups -OCH3 is 1. The van der Waals surface area contributed by atoms with Gasteiger partial charge in [-0.3, -0.25) is 0 Å². The van der Waals surface area contributed by atoms with E-state index < -0.39 is 0 Å². The Bertz CT molecular complexity index is 779. The minimum absolute atomic E-state index is 0.513. The highest BCUT2D eigenvalue weighted by atomic mass is 32.1. The molecule has 0 amide bonds. The number of ether oxygens (including phenoxy) is 1. The Morgan fingerprint density at radius 1 is 1.25 bits per heavy atom. The molecule has 20 heavy (non-hydrogen) atoms. The molecule has 0 saturated carbocycles. The van der Waals surface area contributed by atoms with Gasteiger partial charge in [0, 0.05) is 6.54 Å². The monoisotopic (exact) mass is 286 g/mol. The van der Waals surface area contributed by atoms with E-state index in [2.05, 4.69) is 27.1 Å². The number of aromatic amines is 1. The summed E-state index contributed by atoms with van der Waals surface area (Å²) in [5.74, 6) is 0.513. The number of aryl methyl sites for hydroxylation is 2. The number of imidazole rings is 1. The molecule has 0 fully saturated rings. The second-order valence-corrected chi connectivity index (χ2v) is 4.79. The molecular formula is C14H14N4OS. The Hall–Kier alpha value is -2.21. The van der Waals surface area contributed by atoms with Gasteiger partial charge in [0.15, 0.2) is 10.4 Å². The van der Waals surface area contributed by atoms with Gasteiger partial charge in [-0.1, -0.05) is 30.3 Å². The van der Waals surface area contributed by atoms with Gasteiger partial charge in [-0.15, -0.1) is 0 Å². The molecule has 0 aliphatic rings. The predicted molar refractivity (Wildman–Crippen MR) is 79.4 cm³/mol. The highest BCUT2D eigenvalue weighted by Gasteiger charge is 2.11. The Morgan fingerprint density at radius 2 is 2.05 bits per heavy atom. The minimum atomic E-state index is 0.513. The van der Waals surface area contributed by atoms with Crippen molar-refractivity contribution in [3.63, 3.8) is 0 Å². The summed E-state index contributed by atoms with van der Waals surface area (Å²) < 4.78 is 7.82. The van der Waals surface area contributed by atoms with Gasteiger partial charge in [-0.05, 0) is 24.2 Å². The number of aromatic nitrogens is 4. The van der Waals surface area contributed by atoms with Crippen LogP contribution in [-0.2, 0) is 13.0 Å². The summed E-state index contributed by atoms with van der Waals surface area (Å²) in [5.41, 5.74) is 2.79. The fraction of sp³-hybridized carbons (Fsp3) is 0.214.